The largest absolute Gasteiger partial charge is 0.435 e. The van der Waals surface area contributed by atoms with Crippen LogP contribution in [-0.2, 0) is 11.3 Å². The second-order valence-electron chi connectivity index (χ2n) is 6.26. The van der Waals surface area contributed by atoms with Crippen molar-refractivity contribution in [2.45, 2.75) is 26.5 Å². The van der Waals surface area contributed by atoms with Gasteiger partial charge in [-0.15, -0.1) is 0 Å². The summed E-state index contributed by atoms with van der Waals surface area (Å²) >= 11 is 0. The van der Waals surface area contributed by atoms with Gasteiger partial charge in [-0.2, -0.15) is 8.78 Å². The number of methoxy groups -OCH3 is 1. The number of nitrogens with one attached hydrogen (secondary N) is 1. The lowest BCUT2D eigenvalue weighted by Crippen LogP contribution is -2.38. The van der Waals surface area contributed by atoms with Gasteiger partial charge in [0.1, 0.15) is 5.75 Å². The first kappa shape index (κ1) is 23.1. The molecule has 1 rings (SSSR count). The number of hydrogen-bond donors (Lipinski definition) is 1. The molecule has 0 heterocycles. The highest BCUT2D eigenvalue weighted by molar-refractivity contribution is 5.79. The lowest BCUT2D eigenvalue weighted by molar-refractivity contribution is -0.0498. The molecule has 0 unspecified atom stereocenters. The molecule has 1 aromatic carbocycles. The van der Waals surface area contributed by atoms with Crippen molar-refractivity contribution in [2.75, 3.05) is 54.0 Å². The van der Waals surface area contributed by atoms with E-state index >= 15 is 0 Å². The predicted octanol–water partition coefficient (Wildman–Crippen LogP) is 2.65. The molecule has 0 saturated heterocycles. The first-order valence-corrected chi connectivity index (χ1v) is 9.17. The van der Waals surface area contributed by atoms with E-state index in [2.05, 4.69) is 27.0 Å². The Morgan fingerprint density at radius 1 is 1.19 bits per heavy atom. The Morgan fingerprint density at radius 2 is 1.89 bits per heavy atom. The monoisotopic (exact) mass is 386 g/mol. The average molecular weight is 386 g/mol. The van der Waals surface area contributed by atoms with Crippen molar-refractivity contribution < 1.29 is 18.3 Å². The Balaban J connectivity index is 2.52. The number of nitrogens with zero attached hydrogens (tertiary/aromatic N) is 3. The Bertz CT molecular complexity index is 541. The number of alkyl halides is 2. The van der Waals surface area contributed by atoms with Gasteiger partial charge in [0.15, 0.2) is 5.96 Å². The van der Waals surface area contributed by atoms with Crippen LogP contribution >= 0.6 is 0 Å². The standard InChI is InChI=1S/C19H32F2N4O2/c1-5-22-19(23-11-6-12-24(2)13-14-26-4)25(3)15-16-7-9-17(10-8-16)27-18(20)21/h7-10,18H,5-6,11-15H2,1-4H3,(H,22,23). The SMILES string of the molecule is CCNC(=NCCCN(C)CCOC)N(C)Cc1ccc(OC(F)F)cc1. The van der Waals surface area contributed by atoms with E-state index in [0.717, 1.165) is 50.7 Å². The smallest absolute Gasteiger partial charge is 0.387 e. The summed E-state index contributed by atoms with van der Waals surface area (Å²) in [4.78, 5) is 8.90. The van der Waals surface area contributed by atoms with Gasteiger partial charge in [-0.25, -0.2) is 0 Å². The summed E-state index contributed by atoms with van der Waals surface area (Å²) in [6, 6.07) is 6.66. The van der Waals surface area contributed by atoms with Gasteiger partial charge in [-0.3, -0.25) is 4.99 Å². The van der Waals surface area contributed by atoms with E-state index in [9.17, 15) is 8.78 Å². The maximum Gasteiger partial charge on any atom is 0.387 e. The summed E-state index contributed by atoms with van der Waals surface area (Å²) in [5, 5.41) is 3.28. The number of halogens is 2. The van der Waals surface area contributed by atoms with E-state index in [0.29, 0.717) is 6.54 Å². The van der Waals surface area contributed by atoms with E-state index in [-0.39, 0.29) is 5.75 Å². The molecule has 0 fully saturated rings. The zero-order valence-corrected chi connectivity index (χ0v) is 16.8. The molecule has 6 nitrogen and oxygen atoms in total. The lowest BCUT2D eigenvalue weighted by atomic mass is 10.2. The van der Waals surface area contributed by atoms with Gasteiger partial charge >= 0.3 is 6.61 Å². The molecule has 0 amide bonds. The van der Waals surface area contributed by atoms with Gasteiger partial charge in [0.25, 0.3) is 0 Å². The van der Waals surface area contributed by atoms with Crippen LogP contribution < -0.4 is 10.1 Å². The third-order valence-electron chi connectivity index (χ3n) is 3.90. The number of rotatable bonds is 12. The van der Waals surface area contributed by atoms with Crippen molar-refractivity contribution in [3.63, 3.8) is 0 Å². The summed E-state index contributed by atoms with van der Waals surface area (Å²) in [7, 11) is 5.73. The second kappa shape index (κ2) is 13.3. The molecule has 0 saturated carbocycles. The average Bonchev–Trinajstić information content (AvgIpc) is 2.63. The van der Waals surface area contributed by atoms with Crippen molar-refractivity contribution in [1.29, 1.82) is 0 Å². The van der Waals surface area contributed by atoms with Gasteiger partial charge in [0.2, 0.25) is 0 Å². The molecule has 0 bridgehead atoms. The normalized spacial score (nSPS) is 11.9. The van der Waals surface area contributed by atoms with Crippen molar-refractivity contribution in [2.24, 2.45) is 4.99 Å². The van der Waals surface area contributed by atoms with E-state index in [4.69, 9.17) is 4.74 Å². The van der Waals surface area contributed by atoms with Crippen molar-refractivity contribution >= 4 is 5.96 Å². The van der Waals surface area contributed by atoms with Crippen LogP contribution in [0.5, 0.6) is 5.75 Å². The lowest BCUT2D eigenvalue weighted by Gasteiger charge is -2.22. The number of likely N-dealkylation sites (N-methyl/N-ethyl adjacent to an activating group) is 1. The Kier molecular flexibility index (Phi) is 11.4. The molecule has 0 aliphatic heterocycles. The molecule has 0 spiro atoms. The summed E-state index contributed by atoms with van der Waals surface area (Å²) in [6.45, 7) is 3.94. The molecule has 0 aliphatic rings. The van der Waals surface area contributed by atoms with Crippen LogP contribution in [0.25, 0.3) is 0 Å². The molecule has 0 aliphatic carbocycles. The van der Waals surface area contributed by atoms with Crippen LogP contribution in [-0.4, -0.2) is 76.4 Å². The minimum atomic E-state index is -2.81. The van der Waals surface area contributed by atoms with Crippen LogP contribution in [0.2, 0.25) is 0 Å². The fraction of sp³-hybridized carbons (Fsp3) is 0.632. The minimum absolute atomic E-state index is 0.162. The molecule has 0 radical (unpaired) electrons. The number of benzene rings is 1. The van der Waals surface area contributed by atoms with Gasteiger partial charge in [-0.05, 0) is 44.6 Å². The maximum absolute atomic E-state index is 12.2. The summed E-state index contributed by atoms with van der Waals surface area (Å²) < 4.78 is 33.9. The number of guanidine groups is 1. The van der Waals surface area contributed by atoms with Crippen LogP contribution in [0.4, 0.5) is 8.78 Å². The summed E-state index contributed by atoms with van der Waals surface area (Å²) in [6.07, 6.45) is 0.961. The van der Waals surface area contributed by atoms with Gasteiger partial charge < -0.3 is 24.6 Å². The maximum atomic E-state index is 12.2. The fourth-order valence-electron chi connectivity index (χ4n) is 2.48. The third-order valence-corrected chi connectivity index (χ3v) is 3.90. The van der Waals surface area contributed by atoms with E-state index in [1.807, 2.05) is 18.9 Å². The van der Waals surface area contributed by atoms with E-state index in [1.54, 1.807) is 31.4 Å². The Hall–Kier alpha value is -1.93. The molecule has 1 N–H and O–H groups in total. The molecule has 0 aromatic heterocycles. The fourth-order valence-corrected chi connectivity index (χ4v) is 2.48. The molecule has 27 heavy (non-hydrogen) atoms. The predicted molar refractivity (Wildman–Crippen MR) is 105 cm³/mol. The Labute approximate surface area is 161 Å². The van der Waals surface area contributed by atoms with Gasteiger partial charge in [0.05, 0.1) is 6.61 Å². The topological polar surface area (TPSA) is 49.3 Å². The summed E-state index contributed by atoms with van der Waals surface area (Å²) in [5.41, 5.74) is 0.990. The molecular weight excluding hydrogens is 354 g/mol. The van der Waals surface area contributed by atoms with Crippen molar-refractivity contribution in [1.82, 2.24) is 15.1 Å². The van der Waals surface area contributed by atoms with Gasteiger partial charge in [-0.1, -0.05) is 12.1 Å². The third kappa shape index (κ3) is 10.1. The Morgan fingerprint density at radius 3 is 2.48 bits per heavy atom. The summed E-state index contributed by atoms with van der Waals surface area (Å²) in [5.74, 6) is 0.986. The quantitative estimate of drug-likeness (QED) is 0.340. The highest BCUT2D eigenvalue weighted by Gasteiger charge is 2.08. The first-order chi connectivity index (χ1) is 13.0. The zero-order valence-electron chi connectivity index (χ0n) is 16.8. The highest BCUT2D eigenvalue weighted by Crippen LogP contribution is 2.15. The van der Waals surface area contributed by atoms with Crippen molar-refractivity contribution in [3.8, 4) is 5.75 Å². The van der Waals surface area contributed by atoms with E-state index in [1.165, 1.54) is 0 Å². The van der Waals surface area contributed by atoms with Crippen LogP contribution in [0.15, 0.2) is 29.3 Å². The van der Waals surface area contributed by atoms with Gasteiger partial charge in [0, 0.05) is 40.3 Å². The first-order valence-electron chi connectivity index (χ1n) is 9.17. The molecule has 1 aromatic rings. The molecule has 0 atom stereocenters. The minimum Gasteiger partial charge on any atom is -0.435 e. The molecular formula is C19H32F2N4O2. The number of ether oxygens (including phenoxy) is 2. The van der Waals surface area contributed by atoms with Crippen LogP contribution in [0, 0.1) is 0 Å². The number of aliphatic imine (C=N–C) groups is 1. The van der Waals surface area contributed by atoms with Crippen LogP contribution in [0.3, 0.4) is 0 Å². The molecule has 154 valence electrons. The van der Waals surface area contributed by atoms with E-state index < -0.39 is 6.61 Å². The van der Waals surface area contributed by atoms with Crippen molar-refractivity contribution in [3.05, 3.63) is 29.8 Å². The molecule has 8 heteroatoms. The zero-order chi connectivity index (χ0) is 20.1. The highest BCUT2D eigenvalue weighted by atomic mass is 19.3. The number of hydrogen-bond acceptors (Lipinski definition) is 4. The second-order valence-corrected chi connectivity index (χ2v) is 6.26. The van der Waals surface area contributed by atoms with Crippen LogP contribution in [0.1, 0.15) is 18.9 Å².